The number of rotatable bonds is 6. The number of nitrogens with two attached hydrogens (primary N) is 1. The lowest BCUT2D eigenvalue weighted by molar-refractivity contribution is 0.296. The van der Waals surface area contributed by atoms with Gasteiger partial charge in [-0.2, -0.15) is 0 Å². The molecule has 2 N–H and O–H groups in total. The molecule has 1 aromatic carbocycles. The number of hydrogen-bond acceptors (Lipinski definition) is 5. The number of hydrogen-bond donors (Lipinski definition) is 1. The number of aromatic nitrogens is 1. The number of ether oxygens (including phenoxy) is 2. The lowest BCUT2D eigenvalue weighted by atomic mass is 10.1. The quantitative estimate of drug-likeness (QED) is 0.882. The first-order valence-electron chi connectivity index (χ1n) is 6.11. The molecule has 0 amide bonds. The summed E-state index contributed by atoms with van der Waals surface area (Å²) >= 11 is 1.56. The van der Waals surface area contributed by atoms with Gasteiger partial charge in [0.05, 0.1) is 18.3 Å². The Morgan fingerprint density at radius 1 is 1.42 bits per heavy atom. The molecule has 0 aliphatic carbocycles. The Morgan fingerprint density at radius 3 is 2.89 bits per heavy atom. The zero-order valence-corrected chi connectivity index (χ0v) is 11.9. The molecule has 4 nitrogen and oxygen atoms in total. The van der Waals surface area contributed by atoms with E-state index in [9.17, 15) is 0 Å². The minimum atomic E-state index is 0.0926. The van der Waals surface area contributed by atoms with E-state index < -0.39 is 0 Å². The van der Waals surface area contributed by atoms with Gasteiger partial charge < -0.3 is 15.2 Å². The molecular weight excluding hydrogens is 260 g/mol. The van der Waals surface area contributed by atoms with E-state index in [1.807, 2.05) is 30.5 Å². The molecule has 2 rings (SSSR count). The van der Waals surface area contributed by atoms with Crippen molar-refractivity contribution in [2.45, 2.75) is 26.0 Å². The monoisotopic (exact) mass is 278 g/mol. The topological polar surface area (TPSA) is 57.4 Å². The summed E-state index contributed by atoms with van der Waals surface area (Å²) in [4.78, 5) is 4.20. The Balaban J connectivity index is 2.14. The molecule has 2 aromatic rings. The fraction of sp³-hybridized carbons (Fsp3) is 0.357. The minimum absolute atomic E-state index is 0.0926. The average Bonchev–Trinajstić information content (AvgIpc) is 2.90. The number of thiazole rings is 1. The Hall–Kier alpha value is -1.59. The van der Waals surface area contributed by atoms with Crippen molar-refractivity contribution in [2.75, 3.05) is 7.11 Å². The van der Waals surface area contributed by atoms with Crippen LogP contribution in [0.25, 0.3) is 0 Å². The van der Waals surface area contributed by atoms with Crippen molar-refractivity contribution in [3.8, 4) is 11.5 Å². The van der Waals surface area contributed by atoms with E-state index in [1.165, 1.54) is 0 Å². The summed E-state index contributed by atoms with van der Waals surface area (Å²) in [6.45, 7) is 2.44. The van der Waals surface area contributed by atoms with Gasteiger partial charge >= 0.3 is 0 Å². The highest BCUT2D eigenvalue weighted by atomic mass is 32.1. The minimum Gasteiger partial charge on any atom is -0.497 e. The smallest absolute Gasteiger partial charge is 0.131 e. The summed E-state index contributed by atoms with van der Waals surface area (Å²) in [5.74, 6) is 1.59. The largest absolute Gasteiger partial charge is 0.497 e. The zero-order chi connectivity index (χ0) is 13.7. The number of nitrogens with zero attached hydrogens (tertiary/aromatic N) is 1. The summed E-state index contributed by atoms with van der Waals surface area (Å²) in [6, 6.07) is 5.91. The number of benzene rings is 1. The maximum absolute atomic E-state index is 5.86. The van der Waals surface area contributed by atoms with Crippen molar-refractivity contribution in [1.82, 2.24) is 4.98 Å². The highest BCUT2D eigenvalue weighted by Crippen LogP contribution is 2.26. The molecular formula is C14H18N2O2S. The van der Waals surface area contributed by atoms with Crippen LogP contribution in [0.3, 0.4) is 0 Å². The second-order valence-corrected chi connectivity index (χ2v) is 5.14. The third-order valence-electron chi connectivity index (χ3n) is 2.68. The molecule has 5 heteroatoms. The first kappa shape index (κ1) is 13.8. The number of methoxy groups -OCH3 is 1. The van der Waals surface area contributed by atoms with Crippen LogP contribution in [-0.4, -0.2) is 18.1 Å². The van der Waals surface area contributed by atoms with Gasteiger partial charge in [0, 0.05) is 17.5 Å². The molecule has 1 heterocycles. The Morgan fingerprint density at radius 2 is 2.26 bits per heavy atom. The van der Waals surface area contributed by atoms with Crippen molar-refractivity contribution < 1.29 is 9.47 Å². The lowest BCUT2D eigenvalue weighted by Gasteiger charge is -2.14. The summed E-state index contributed by atoms with van der Waals surface area (Å²) in [7, 11) is 1.64. The molecule has 0 aliphatic heterocycles. The van der Waals surface area contributed by atoms with Crippen molar-refractivity contribution in [2.24, 2.45) is 5.73 Å². The maximum Gasteiger partial charge on any atom is 0.131 e. The van der Waals surface area contributed by atoms with Crippen molar-refractivity contribution in [3.05, 3.63) is 40.3 Å². The van der Waals surface area contributed by atoms with Crippen LogP contribution in [0.4, 0.5) is 0 Å². The van der Waals surface area contributed by atoms with Crippen LogP contribution in [0, 0.1) is 0 Å². The molecule has 0 aliphatic rings. The summed E-state index contributed by atoms with van der Waals surface area (Å²) in [5, 5.41) is 1.98. The Labute approximate surface area is 117 Å². The third-order valence-corrected chi connectivity index (χ3v) is 3.31. The molecule has 1 atom stereocenters. The van der Waals surface area contributed by atoms with Gasteiger partial charge in [-0.3, -0.25) is 0 Å². The van der Waals surface area contributed by atoms with Gasteiger partial charge in [0.2, 0.25) is 0 Å². The van der Waals surface area contributed by atoms with E-state index in [0.717, 1.165) is 29.2 Å². The van der Waals surface area contributed by atoms with Gasteiger partial charge in [0.25, 0.3) is 0 Å². The van der Waals surface area contributed by atoms with Gasteiger partial charge in [-0.1, -0.05) is 6.07 Å². The van der Waals surface area contributed by atoms with Crippen molar-refractivity contribution in [3.63, 3.8) is 0 Å². The van der Waals surface area contributed by atoms with E-state index in [4.69, 9.17) is 15.2 Å². The maximum atomic E-state index is 5.86. The van der Waals surface area contributed by atoms with Crippen LogP contribution in [0.15, 0.2) is 29.1 Å². The normalized spacial score (nSPS) is 12.2. The third kappa shape index (κ3) is 3.94. The van der Waals surface area contributed by atoms with Gasteiger partial charge in [-0.05, 0) is 25.0 Å². The van der Waals surface area contributed by atoms with E-state index in [-0.39, 0.29) is 6.04 Å². The summed E-state index contributed by atoms with van der Waals surface area (Å²) in [5.41, 5.74) is 9.67. The highest BCUT2D eigenvalue weighted by Gasteiger charge is 2.09. The van der Waals surface area contributed by atoms with Gasteiger partial charge in [-0.25, -0.2) is 4.98 Å². The predicted octanol–water partition coefficient (Wildman–Crippen LogP) is 2.62. The van der Waals surface area contributed by atoms with Gasteiger partial charge in [0.15, 0.2) is 0 Å². The van der Waals surface area contributed by atoms with Crippen LogP contribution >= 0.6 is 11.3 Å². The Kier molecular flexibility index (Phi) is 4.76. The van der Waals surface area contributed by atoms with E-state index in [1.54, 1.807) is 24.0 Å². The molecule has 102 valence electrons. The molecule has 0 radical (unpaired) electrons. The predicted molar refractivity (Wildman–Crippen MR) is 76.8 cm³/mol. The van der Waals surface area contributed by atoms with Crippen LogP contribution < -0.4 is 15.2 Å². The van der Waals surface area contributed by atoms with Crippen molar-refractivity contribution in [1.29, 1.82) is 0 Å². The van der Waals surface area contributed by atoms with E-state index in [2.05, 4.69) is 4.98 Å². The van der Waals surface area contributed by atoms with Crippen LogP contribution in [-0.2, 0) is 13.0 Å². The van der Waals surface area contributed by atoms with Crippen LogP contribution in [0.2, 0.25) is 0 Å². The summed E-state index contributed by atoms with van der Waals surface area (Å²) in [6.07, 6.45) is 0.774. The highest BCUT2D eigenvalue weighted by molar-refractivity contribution is 7.07. The van der Waals surface area contributed by atoms with Crippen LogP contribution in [0.5, 0.6) is 11.5 Å². The van der Waals surface area contributed by atoms with Crippen LogP contribution in [0.1, 0.15) is 18.2 Å². The summed E-state index contributed by atoms with van der Waals surface area (Å²) < 4.78 is 11.1. The van der Waals surface area contributed by atoms with E-state index in [0.29, 0.717) is 6.61 Å². The van der Waals surface area contributed by atoms with Gasteiger partial charge in [0.1, 0.15) is 18.1 Å². The molecule has 19 heavy (non-hydrogen) atoms. The van der Waals surface area contributed by atoms with E-state index >= 15 is 0 Å². The second kappa shape index (κ2) is 6.54. The Bertz CT molecular complexity index is 512. The second-order valence-electron chi connectivity index (χ2n) is 4.42. The SMILES string of the molecule is COc1ccc(CC(C)N)c(OCc2cscn2)c1. The van der Waals surface area contributed by atoms with Crippen molar-refractivity contribution >= 4 is 11.3 Å². The first-order chi connectivity index (χ1) is 9.19. The molecule has 0 bridgehead atoms. The zero-order valence-electron chi connectivity index (χ0n) is 11.1. The first-order valence-corrected chi connectivity index (χ1v) is 7.05. The molecule has 0 saturated carbocycles. The fourth-order valence-electron chi connectivity index (χ4n) is 1.77. The lowest BCUT2D eigenvalue weighted by Crippen LogP contribution is -2.18. The molecule has 0 spiro atoms. The molecule has 1 unspecified atom stereocenters. The fourth-order valence-corrected chi connectivity index (χ4v) is 2.32. The molecule has 0 fully saturated rings. The molecule has 0 saturated heterocycles. The van der Waals surface area contributed by atoms with Gasteiger partial charge in [-0.15, -0.1) is 11.3 Å². The molecule has 1 aromatic heterocycles. The standard InChI is InChI=1S/C14H18N2O2S/c1-10(15)5-11-3-4-13(17-2)6-14(11)18-7-12-8-19-9-16-12/h3-4,6,8-10H,5,7,15H2,1-2H3. The average molecular weight is 278 g/mol.